The Morgan fingerprint density at radius 2 is 2.06 bits per heavy atom. The van der Waals surface area contributed by atoms with Crippen molar-refractivity contribution in [1.29, 1.82) is 0 Å². The maximum atomic E-state index is 12.3. The van der Waals surface area contributed by atoms with Crippen LogP contribution in [-0.2, 0) is 4.74 Å². The van der Waals surface area contributed by atoms with Crippen LogP contribution in [0.3, 0.4) is 0 Å². The Bertz CT molecular complexity index is 1220. The first-order valence-corrected chi connectivity index (χ1v) is 10.6. The zero-order chi connectivity index (χ0) is 22.1. The van der Waals surface area contributed by atoms with Crippen LogP contribution in [0.2, 0.25) is 0 Å². The minimum Gasteiger partial charge on any atom is -0.480 e. The summed E-state index contributed by atoms with van der Waals surface area (Å²) >= 11 is 0. The number of anilines is 1. The number of rotatable bonds is 7. The average Bonchev–Trinajstić information content (AvgIpc) is 3.44. The van der Waals surface area contributed by atoms with Gasteiger partial charge in [-0.1, -0.05) is 0 Å². The number of hydrogen-bond donors (Lipinski definition) is 2. The molecule has 10 heteroatoms. The molecule has 0 radical (unpaired) electrons. The third-order valence-electron chi connectivity index (χ3n) is 5.87. The standard InChI is InChI=1S/C22H24F2N6O2/c1-31-21-19-17(13-7-9-30-15(10-13)6-8-26-30)11-25-20(19)28-22(29-21)27-14-2-4-16(5-3-14)32-12-18(23)24/h6-11,14,16,18H,2-5,12H2,1H3,(H2,25,27,28,29). The van der Waals surface area contributed by atoms with Crippen LogP contribution in [0, 0.1) is 0 Å². The fourth-order valence-corrected chi connectivity index (χ4v) is 4.29. The van der Waals surface area contributed by atoms with Crippen molar-refractivity contribution in [1.82, 2.24) is 24.6 Å². The highest BCUT2D eigenvalue weighted by Crippen LogP contribution is 2.35. The molecule has 0 unspecified atom stereocenters. The summed E-state index contributed by atoms with van der Waals surface area (Å²) in [6.07, 6.45) is 6.10. The van der Waals surface area contributed by atoms with Crippen LogP contribution >= 0.6 is 0 Å². The molecule has 4 aromatic rings. The highest BCUT2D eigenvalue weighted by atomic mass is 19.3. The number of hydrogen-bond acceptors (Lipinski definition) is 6. The van der Waals surface area contributed by atoms with Gasteiger partial charge in [0.2, 0.25) is 11.8 Å². The second-order valence-electron chi connectivity index (χ2n) is 7.94. The molecule has 0 saturated heterocycles. The predicted octanol–water partition coefficient (Wildman–Crippen LogP) is 4.29. The van der Waals surface area contributed by atoms with Gasteiger partial charge in [-0.05, 0) is 49.4 Å². The van der Waals surface area contributed by atoms with Gasteiger partial charge in [0, 0.05) is 30.2 Å². The average molecular weight is 442 g/mol. The van der Waals surface area contributed by atoms with Crippen LogP contribution in [0.4, 0.5) is 14.7 Å². The SMILES string of the molecule is COc1nc(NC2CCC(OCC(F)F)CC2)nc2[nH]cc(-c3ccn4nccc4c3)c12. The molecule has 1 aliphatic carbocycles. The topological polar surface area (TPSA) is 89.4 Å². The van der Waals surface area contributed by atoms with Gasteiger partial charge < -0.3 is 19.8 Å². The van der Waals surface area contributed by atoms with Crippen molar-refractivity contribution in [2.75, 3.05) is 19.0 Å². The molecule has 1 fully saturated rings. The summed E-state index contributed by atoms with van der Waals surface area (Å²) in [5.41, 5.74) is 3.62. The zero-order valence-corrected chi connectivity index (χ0v) is 17.6. The van der Waals surface area contributed by atoms with E-state index in [0.717, 1.165) is 47.7 Å². The van der Waals surface area contributed by atoms with Crippen LogP contribution in [0.25, 0.3) is 27.7 Å². The number of nitrogens with zero attached hydrogens (tertiary/aromatic N) is 4. The molecular formula is C22H24F2N6O2. The van der Waals surface area contributed by atoms with E-state index in [1.165, 1.54) is 0 Å². The van der Waals surface area contributed by atoms with E-state index in [1.807, 2.05) is 24.5 Å². The summed E-state index contributed by atoms with van der Waals surface area (Å²) < 4.78 is 37.4. The number of fused-ring (bicyclic) bond motifs is 2. The predicted molar refractivity (Wildman–Crippen MR) is 116 cm³/mol. The lowest BCUT2D eigenvalue weighted by atomic mass is 9.93. The van der Waals surface area contributed by atoms with Crippen LogP contribution in [0.1, 0.15) is 25.7 Å². The molecule has 4 heterocycles. The minimum absolute atomic E-state index is 0.112. The van der Waals surface area contributed by atoms with E-state index in [9.17, 15) is 8.78 Å². The lowest BCUT2D eigenvalue weighted by Crippen LogP contribution is -2.31. The van der Waals surface area contributed by atoms with Gasteiger partial charge in [-0.3, -0.25) is 0 Å². The van der Waals surface area contributed by atoms with Gasteiger partial charge in [-0.25, -0.2) is 13.3 Å². The van der Waals surface area contributed by atoms with Gasteiger partial charge in [0.15, 0.2) is 0 Å². The number of H-pyrrole nitrogens is 1. The molecule has 5 rings (SSSR count). The molecule has 1 saturated carbocycles. The lowest BCUT2D eigenvalue weighted by Gasteiger charge is -2.29. The Kier molecular flexibility index (Phi) is 5.60. The molecule has 1 aliphatic rings. The third kappa shape index (κ3) is 4.10. The van der Waals surface area contributed by atoms with E-state index in [2.05, 4.69) is 31.4 Å². The lowest BCUT2D eigenvalue weighted by molar-refractivity contribution is -0.0374. The van der Waals surface area contributed by atoms with E-state index >= 15 is 0 Å². The molecule has 8 nitrogen and oxygen atoms in total. The van der Waals surface area contributed by atoms with Crippen molar-refractivity contribution in [2.45, 2.75) is 44.3 Å². The van der Waals surface area contributed by atoms with Gasteiger partial charge in [0.25, 0.3) is 6.43 Å². The van der Waals surface area contributed by atoms with E-state index in [1.54, 1.807) is 17.8 Å². The Morgan fingerprint density at radius 1 is 1.22 bits per heavy atom. The molecule has 0 amide bonds. The van der Waals surface area contributed by atoms with Crippen molar-refractivity contribution in [3.63, 3.8) is 0 Å². The summed E-state index contributed by atoms with van der Waals surface area (Å²) in [7, 11) is 1.59. The number of methoxy groups -OCH3 is 1. The second kappa shape index (κ2) is 8.70. The van der Waals surface area contributed by atoms with Gasteiger partial charge in [0.05, 0.1) is 24.1 Å². The van der Waals surface area contributed by atoms with Crippen molar-refractivity contribution < 1.29 is 18.3 Å². The molecule has 0 aromatic carbocycles. The van der Waals surface area contributed by atoms with Crippen molar-refractivity contribution in [2.24, 2.45) is 0 Å². The maximum absolute atomic E-state index is 12.3. The minimum atomic E-state index is -2.42. The maximum Gasteiger partial charge on any atom is 0.261 e. The molecule has 168 valence electrons. The Balaban J connectivity index is 1.35. The number of aromatic amines is 1. The number of pyridine rings is 1. The number of alkyl halides is 2. The number of ether oxygens (including phenoxy) is 2. The van der Waals surface area contributed by atoms with E-state index in [0.29, 0.717) is 17.5 Å². The molecule has 0 spiro atoms. The van der Waals surface area contributed by atoms with Gasteiger partial charge in [0.1, 0.15) is 12.3 Å². The summed E-state index contributed by atoms with van der Waals surface area (Å²) in [6, 6.07) is 6.14. The summed E-state index contributed by atoms with van der Waals surface area (Å²) in [6.45, 7) is -0.497. The highest BCUT2D eigenvalue weighted by molar-refractivity contribution is 5.98. The third-order valence-corrected chi connectivity index (χ3v) is 5.87. The first-order valence-electron chi connectivity index (χ1n) is 10.6. The normalized spacial score (nSPS) is 19.1. The summed E-state index contributed by atoms with van der Waals surface area (Å²) in [5.74, 6) is 0.960. The van der Waals surface area contributed by atoms with Crippen LogP contribution in [0.5, 0.6) is 5.88 Å². The molecule has 4 aromatic heterocycles. The van der Waals surface area contributed by atoms with Crippen LogP contribution < -0.4 is 10.1 Å². The highest BCUT2D eigenvalue weighted by Gasteiger charge is 2.24. The fraction of sp³-hybridized carbons (Fsp3) is 0.409. The Hall–Kier alpha value is -3.27. The molecular weight excluding hydrogens is 418 g/mol. The number of nitrogens with one attached hydrogen (secondary N) is 2. The quantitative estimate of drug-likeness (QED) is 0.444. The molecule has 0 bridgehead atoms. The molecule has 0 atom stereocenters. The molecule has 0 aliphatic heterocycles. The van der Waals surface area contributed by atoms with Crippen molar-refractivity contribution in [3.8, 4) is 17.0 Å². The number of halogens is 2. The van der Waals surface area contributed by atoms with E-state index in [-0.39, 0.29) is 12.1 Å². The Morgan fingerprint density at radius 3 is 2.84 bits per heavy atom. The largest absolute Gasteiger partial charge is 0.480 e. The first-order chi connectivity index (χ1) is 15.6. The smallest absolute Gasteiger partial charge is 0.261 e. The van der Waals surface area contributed by atoms with E-state index in [4.69, 9.17) is 9.47 Å². The second-order valence-corrected chi connectivity index (χ2v) is 7.94. The molecule has 32 heavy (non-hydrogen) atoms. The summed E-state index contributed by atoms with van der Waals surface area (Å²) in [4.78, 5) is 12.5. The van der Waals surface area contributed by atoms with Gasteiger partial charge >= 0.3 is 0 Å². The van der Waals surface area contributed by atoms with Gasteiger partial charge in [-0.2, -0.15) is 15.1 Å². The first kappa shape index (κ1) is 20.6. The van der Waals surface area contributed by atoms with Crippen LogP contribution in [-0.4, -0.2) is 56.9 Å². The number of aromatic nitrogens is 5. The van der Waals surface area contributed by atoms with Gasteiger partial charge in [-0.15, -0.1) is 0 Å². The summed E-state index contributed by atoms with van der Waals surface area (Å²) in [5, 5.41) is 8.41. The van der Waals surface area contributed by atoms with Crippen molar-refractivity contribution >= 4 is 22.5 Å². The Labute approximate surface area is 183 Å². The zero-order valence-electron chi connectivity index (χ0n) is 17.6. The van der Waals surface area contributed by atoms with Crippen LogP contribution in [0.15, 0.2) is 36.8 Å². The molecule has 2 N–H and O–H groups in total. The fourth-order valence-electron chi connectivity index (χ4n) is 4.29. The van der Waals surface area contributed by atoms with E-state index < -0.39 is 13.0 Å². The monoisotopic (exact) mass is 442 g/mol. The van der Waals surface area contributed by atoms with Crippen molar-refractivity contribution in [3.05, 3.63) is 36.8 Å².